The Hall–Kier alpha value is -0.630. The lowest BCUT2D eigenvalue weighted by Gasteiger charge is -2.70. The SMILES string of the molecule is CC1(C)CC[C@]2(C)CC[C@]3(C)C(=CC(=O)[C@H]4[C@@]5(C)CC[C@H](O)C(C)(C)[C@H]5CC[C@]43C)[C@@H]2C1. The minimum absolute atomic E-state index is 0.00948. The van der Waals surface area contributed by atoms with Crippen LogP contribution in [0.1, 0.15) is 113 Å². The number of fused-ring (bicyclic) bond motifs is 7. The Labute approximate surface area is 197 Å². The van der Waals surface area contributed by atoms with Crippen LogP contribution in [0.2, 0.25) is 0 Å². The summed E-state index contributed by atoms with van der Waals surface area (Å²) in [5.74, 6) is 1.49. The molecule has 0 aliphatic heterocycles. The first kappa shape index (κ1) is 23.1. The van der Waals surface area contributed by atoms with Crippen molar-refractivity contribution in [1.29, 1.82) is 0 Å². The molecule has 5 aliphatic carbocycles. The lowest BCUT2D eigenvalue weighted by molar-refractivity contribution is -0.202. The van der Waals surface area contributed by atoms with E-state index < -0.39 is 0 Å². The molecule has 0 aromatic heterocycles. The Balaban J connectivity index is 1.63. The summed E-state index contributed by atoms with van der Waals surface area (Å²) < 4.78 is 0. The molecule has 0 spiro atoms. The zero-order valence-electron chi connectivity index (χ0n) is 22.1. The molecule has 32 heavy (non-hydrogen) atoms. The normalized spacial score (nSPS) is 53.9. The van der Waals surface area contributed by atoms with E-state index in [2.05, 4.69) is 61.5 Å². The standard InChI is InChI=1S/C30H48O2/c1-25(2)13-14-27(5)15-16-29(7)19(20(27)18-25)17-21(31)24-28(6)11-10-23(32)26(3,4)22(28)9-12-30(24,29)8/h17,20,22-24,32H,9-16,18H2,1-8H3/t20-,22+,23-,24-,27+,28-,29+,30+/m0/s1. The molecule has 0 aromatic rings. The van der Waals surface area contributed by atoms with Crippen molar-refractivity contribution in [2.24, 2.45) is 50.2 Å². The third-order valence-electron chi connectivity index (χ3n) is 12.8. The van der Waals surface area contributed by atoms with Crippen LogP contribution in [-0.4, -0.2) is 17.0 Å². The van der Waals surface area contributed by atoms with Crippen molar-refractivity contribution < 1.29 is 9.90 Å². The number of hydrogen-bond donors (Lipinski definition) is 1. The van der Waals surface area contributed by atoms with Crippen LogP contribution in [-0.2, 0) is 4.79 Å². The van der Waals surface area contributed by atoms with E-state index in [4.69, 9.17) is 0 Å². The van der Waals surface area contributed by atoms with Crippen molar-refractivity contribution in [1.82, 2.24) is 0 Å². The molecule has 0 unspecified atom stereocenters. The number of hydrogen-bond acceptors (Lipinski definition) is 2. The van der Waals surface area contributed by atoms with Crippen LogP contribution in [0, 0.1) is 50.2 Å². The van der Waals surface area contributed by atoms with Crippen LogP contribution in [0.4, 0.5) is 0 Å². The van der Waals surface area contributed by atoms with Crippen molar-refractivity contribution in [3.63, 3.8) is 0 Å². The largest absolute Gasteiger partial charge is 0.393 e. The van der Waals surface area contributed by atoms with Gasteiger partial charge in [0.25, 0.3) is 0 Å². The molecule has 0 radical (unpaired) electrons. The molecule has 4 saturated carbocycles. The molecule has 5 rings (SSSR count). The van der Waals surface area contributed by atoms with Crippen LogP contribution in [0.5, 0.6) is 0 Å². The van der Waals surface area contributed by atoms with Gasteiger partial charge in [-0.15, -0.1) is 0 Å². The van der Waals surface area contributed by atoms with E-state index in [1.54, 1.807) is 0 Å². The lowest BCUT2D eigenvalue weighted by atomic mass is 9.33. The van der Waals surface area contributed by atoms with Crippen molar-refractivity contribution in [3.8, 4) is 0 Å². The van der Waals surface area contributed by atoms with Gasteiger partial charge in [-0.05, 0) is 108 Å². The quantitative estimate of drug-likeness (QED) is 0.427. The summed E-state index contributed by atoms with van der Waals surface area (Å²) >= 11 is 0. The van der Waals surface area contributed by atoms with Crippen molar-refractivity contribution >= 4 is 5.78 Å². The number of aliphatic hydroxyl groups is 1. The molecule has 180 valence electrons. The van der Waals surface area contributed by atoms with Gasteiger partial charge < -0.3 is 5.11 Å². The maximum absolute atomic E-state index is 14.2. The molecule has 0 aromatic carbocycles. The average Bonchev–Trinajstić information content (AvgIpc) is 2.68. The van der Waals surface area contributed by atoms with E-state index in [9.17, 15) is 9.90 Å². The average molecular weight is 441 g/mol. The topological polar surface area (TPSA) is 37.3 Å². The zero-order valence-corrected chi connectivity index (χ0v) is 22.1. The fourth-order valence-corrected chi connectivity index (χ4v) is 10.3. The van der Waals surface area contributed by atoms with Crippen LogP contribution in [0.15, 0.2) is 11.6 Å². The van der Waals surface area contributed by atoms with Gasteiger partial charge in [-0.2, -0.15) is 0 Å². The Bertz CT molecular complexity index is 866. The van der Waals surface area contributed by atoms with Gasteiger partial charge in [-0.1, -0.05) is 61.0 Å². The number of carbonyl (C=O) groups excluding carboxylic acids is 1. The fourth-order valence-electron chi connectivity index (χ4n) is 10.3. The number of allylic oxidation sites excluding steroid dienone is 2. The lowest BCUT2D eigenvalue weighted by Crippen LogP contribution is -2.66. The van der Waals surface area contributed by atoms with Gasteiger partial charge in [0, 0.05) is 5.92 Å². The number of ketones is 1. The highest BCUT2D eigenvalue weighted by molar-refractivity contribution is 5.95. The van der Waals surface area contributed by atoms with Gasteiger partial charge in [0.1, 0.15) is 0 Å². The minimum atomic E-state index is -0.245. The summed E-state index contributed by atoms with van der Waals surface area (Å²) in [5, 5.41) is 10.9. The van der Waals surface area contributed by atoms with E-state index in [0.29, 0.717) is 28.4 Å². The molecule has 0 saturated heterocycles. The molecule has 2 nitrogen and oxygen atoms in total. The molecule has 0 heterocycles. The summed E-state index contributed by atoms with van der Waals surface area (Å²) in [6.45, 7) is 19.4. The van der Waals surface area contributed by atoms with Gasteiger partial charge in [0.05, 0.1) is 6.10 Å². The number of carbonyl (C=O) groups is 1. The summed E-state index contributed by atoms with van der Waals surface area (Å²) in [5.41, 5.74) is 2.29. The summed E-state index contributed by atoms with van der Waals surface area (Å²) in [6, 6.07) is 0. The van der Waals surface area contributed by atoms with E-state index in [0.717, 1.165) is 25.7 Å². The van der Waals surface area contributed by atoms with Crippen LogP contribution in [0.3, 0.4) is 0 Å². The summed E-state index contributed by atoms with van der Waals surface area (Å²) in [4.78, 5) is 14.2. The Kier molecular flexibility index (Phi) is 4.71. The third kappa shape index (κ3) is 2.71. The second kappa shape index (κ2) is 6.52. The first-order valence-corrected chi connectivity index (χ1v) is 13.5. The molecule has 2 heteroatoms. The molecule has 4 fully saturated rings. The van der Waals surface area contributed by atoms with Crippen LogP contribution >= 0.6 is 0 Å². The fraction of sp³-hybridized carbons (Fsp3) is 0.900. The minimum Gasteiger partial charge on any atom is -0.393 e. The predicted octanol–water partition coefficient (Wildman–Crippen LogP) is 7.35. The summed E-state index contributed by atoms with van der Waals surface area (Å²) in [6.07, 6.45) is 12.4. The molecule has 0 bridgehead atoms. The maximum Gasteiger partial charge on any atom is 0.159 e. The monoisotopic (exact) mass is 440 g/mol. The van der Waals surface area contributed by atoms with Crippen molar-refractivity contribution in [2.75, 3.05) is 0 Å². The van der Waals surface area contributed by atoms with Gasteiger partial charge in [0.2, 0.25) is 0 Å². The van der Waals surface area contributed by atoms with Gasteiger partial charge in [-0.25, -0.2) is 0 Å². The van der Waals surface area contributed by atoms with E-state index in [-0.39, 0.29) is 33.7 Å². The van der Waals surface area contributed by atoms with Crippen LogP contribution in [0.25, 0.3) is 0 Å². The summed E-state index contributed by atoms with van der Waals surface area (Å²) in [7, 11) is 0. The molecule has 5 aliphatic rings. The second-order valence-electron chi connectivity index (χ2n) is 15.2. The molecule has 0 amide bonds. The highest BCUT2D eigenvalue weighted by atomic mass is 16.3. The maximum atomic E-state index is 14.2. The first-order chi connectivity index (χ1) is 14.6. The van der Waals surface area contributed by atoms with Gasteiger partial charge in [-0.3, -0.25) is 4.79 Å². The Morgan fingerprint density at radius 2 is 1.50 bits per heavy atom. The molecule has 1 N–H and O–H groups in total. The molecule has 8 atom stereocenters. The predicted molar refractivity (Wildman–Crippen MR) is 131 cm³/mol. The van der Waals surface area contributed by atoms with E-state index in [1.165, 1.54) is 37.7 Å². The Morgan fingerprint density at radius 3 is 2.19 bits per heavy atom. The van der Waals surface area contributed by atoms with Gasteiger partial charge in [0.15, 0.2) is 5.78 Å². The van der Waals surface area contributed by atoms with Crippen LogP contribution < -0.4 is 0 Å². The molecular weight excluding hydrogens is 392 g/mol. The highest BCUT2D eigenvalue weighted by Gasteiger charge is 2.69. The van der Waals surface area contributed by atoms with E-state index >= 15 is 0 Å². The third-order valence-corrected chi connectivity index (χ3v) is 12.8. The second-order valence-corrected chi connectivity index (χ2v) is 15.2. The van der Waals surface area contributed by atoms with E-state index in [1.807, 2.05) is 0 Å². The van der Waals surface area contributed by atoms with Gasteiger partial charge >= 0.3 is 0 Å². The highest BCUT2D eigenvalue weighted by Crippen LogP contribution is 2.75. The van der Waals surface area contributed by atoms with Crippen molar-refractivity contribution in [2.45, 2.75) is 119 Å². The number of rotatable bonds is 0. The number of aliphatic hydroxyl groups excluding tert-OH is 1. The van der Waals surface area contributed by atoms with Crippen molar-refractivity contribution in [3.05, 3.63) is 11.6 Å². The first-order valence-electron chi connectivity index (χ1n) is 13.5. The molecular formula is C30H48O2. The smallest absolute Gasteiger partial charge is 0.159 e. The Morgan fingerprint density at radius 1 is 0.844 bits per heavy atom. The zero-order chi connectivity index (χ0) is 23.5.